The lowest BCUT2D eigenvalue weighted by atomic mass is 10.0. The molecule has 8 nitrogen and oxygen atoms in total. The Labute approximate surface area is 167 Å². The van der Waals surface area contributed by atoms with Crippen LogP contribution < -0.4 is 5.32 Å². The maximum absolute atomic E-state index is 12.6. The first-order valence-corrected chi connectivity index (χ1v) is 9.61. The number of anilines is 1. The third-order valence-electron chi connectivity index (χ3n) is 5.14. The Morgan fingerprint density at radius 3 is 2.69 bits per heavy atom. The summed E-state index contributed by atoms with van der Waals surface area (Å²) in [6.07, 6.45) is 3.07. The Balaban J connectivity index is 1.61. The minimum Gasteiger partial charge on any atom is -0.370 e. The largest absolute Gasteiger partial charge is 0.370 e. The molecule has 0 aliphatic carbocycles. The smallest absolute Gasteiger partial charge is 0.293 e. The Kier molecular flexibility index (Phi) is 5.07. The van der Waals surface area contributed by atoms with Crippen LogP contribution in [0.3, 0.4) is 0 Å². The SMILES string of the molecule is CC(Nc1ccc(C(=O)c2ccccc2)cc1[N+](=O)[O-])c1nnc2n1CCCC2. The standard InChI is InChI=1S/C21H21N5O3/c1-14(21-24-23-19-9-5-6-12-25(19)21)22-17-11-10-16(13-18(17)26(28)29)20(27)15-7-3-2-4-8-15/h2-4,7-8,10-11,13-14,22H,5-6,9,12H2,1H3. The molecule has 0 saturated carbocycles. The van der Waals surface area contributed by atoms with E-state index in [0.29, 0.717) is 11.3 Å². The highest BCUT2D eigenvalue weighted by atomic mass is 16.6. The number of carbonyl (C=O) groups excluding carboxylic acids is 1. The maximum atomic E-state index is 12.6. The van der Waals surface area contributed by atoms with E-state index >= 15 is 0 Å². The minimum absolute atomic E-state index is 0.142. The highest BCUT2D eigenvalue weighted by Crippen LogP contribution is 2.30. The number of carbonyl (C=O) groups is 1. The van der Waals surface area contributed by atoms with Crippen molar-refractivity contribution < 1.29 is 9.72 Å². The van der Waals surface area contributed by atoms with Crippen LogP contribution in [0.5, 0.6) is 0 Å². The number of nitro benzene ring substituents is 1. The van der Waals surface area contributed by atoms with Crippen LogP contribution in [-0.4, -0.2) is 25.5 Å². The van der Waals surface area contributed by atoms with Crippen LogP contribution in [0, 0.1) is 10.1 Å². The molecule has 8 heteroatoms. The average Bonchev–Trinajstić information content (AvgIpc) is 3.18. The molecule has 1 N–H and O–H groups in total. The summed E-state index contributed by atoms with van der Waals surface area (Å²) in [6.45, 7) is 2.76. The topological polar surface area (TPSA) is 103 Å². The molecule has 1 unspecified atom stereocenters. The first-order chi connectivity index (χ1) is 14.0. The van der Waals surface area contributed by atoms with E-state index in [1.54, 1.807) is 36.4 Å². The van der Waals surface area contributed by atoms with Gasteiger partial charge in [0.2, 0.25) is 0 Å². The summed E-state index contributed by atoms with van der Waals surface area (Å²) in [5.41, 5.74) is 0.976. The number of nitrogens with zero attached hydrogens (tertiary/aromatic N) is 4. The number of aromatic nitrogens is 3. The van der Waals surface area contributed by atoms with E-state index in [0.717, 1.165) is 37.5 Å². The Hall–Kier alpha value is -3.55. The van der Waals surface area contributed by atoms with Crippen molar-refractivity contribution in [2.75, 3.05) is 5.32 Å². The molecule has 2 heterocycles. The van der Waals surface area contributed by atoms with E-state index < -0.39 is 4.92 Å². The van der Waals surface area contributed by atoms with Crippen molar-refractivity contribution in [1.29, 1.82) is 0 Å². The molecule has 4 rings (SSSR count). The monoisotopic (exact) mass is 391 g/mol. The van der Waals surface area contributed by atoms with E-state index in [4.69, 9.17) is 0 Å². The van der Waals surface area contributed by atoms with Crippen LogP contribution in [0.2, 0.25) is 0 Å². The fourth-order valence-electron chi connectivity index (χ4n) is 3.65. The lowest BCUT2D eigenvalue weighted by Crippen LogP contribution is -2.18. The Morgan fingerprint density at radius 1 is 1.14 bits per heavy atom. The summed E-state index contributed by atoms with van der Waals surface area (Å²) in [5.74, 6) is 1.47. The van der Waals surface area contributed by atoms with Crippen LogP contribution in [0.15, 0.2) is 48.5 Å². The zero-order valence-corrected chi connectivity index (χ0v) is 16.0. The second-order valence-corrected chi connectivity index (χ2v) is 7.13. The van der Waals surface area contributed by atoms with Crippen molar-refractivity contribution in [3.05, 3.63) is 81.4 Å². The van der Waals surface area contributed by atoms with Crippen molar-refractivity contribution in [2.24, 2.45) is 0 Å². The molecule has 2 aromatic carbocycles. The number of hydrogen-bond acceptors (Lipinski definition) is 6. The lowest BCUT2D eigenvalue weighted by molar-refractivity contribution is -0.384. The molecule has 1 aliphatic rings. The average molecular weight is 391 g/mol. The first-order valence-electron chi connectivity index (χ1n) is 9.61. The fourth-order valence-corrected chi connectivity index (χ4v) is 3.65. The summed E-state index contributed by atoms with van der Waals surface area (Å²) in [4.78, 5) is 23.8. The number of rotatable bonds is 6. The van der Waals surface area contributed by atoms with Crippen LogP contribution in [-0.2, 0) is 13.0 Å². The van der Waals surface area contributed by atoms with Gasteiger partial charge in [0.05, 0.1) is 11.0 Å². The molecule has 1 aliphatic heterocycles. The molecule has 29 heavy (non-hydrogen) atoms. The molecule has 0 bridgehead atoms. The van der Waals surface area contributed by atoms with Crippen molar-refractivity contribution in [3.8, 4) is 0 Å². The second-order valence-electron chi connectivity index (χ2n) is 7.13. The lowest BCUT2D eigenvalue weighted by Gasteiger charge is -2.19. The minimum atomic E-state index is -0.476. The van der Waals surface area contributed by atoms with E-state index in [2.05, 4.69) is 20.1 Å². The molecule has 0 spiro atoms. The van der Waals surface area contributed by atoms with Crippen molar-refractivity contribution in [1.82, 2.24) is 14.8 Å². The molecule has 0 amide bonds. The van der Waals surface area contributed by atoms with Gasteiger partial charge in [0.15, 0.2) is 11.6 Å². The Morgan fingerprint density at radius 2 is 1.93 bits per heavy atom. The van der Waals surface area contributed by atoms with Gasteiger partial charge in [-0.15, -0.1) is 10.2 Å². The molecule has 3 aromatic rings. The summed E-state index contributed by atoms with van der Waals surface area (Å²) in [7, 11) is 0. The van der Waals surface area contributed by atoms with Gasteiger partial charge in [0, 0.05) is 30.2 Å². The van der Waals surface area contributed by atoms with Crippen LogP contribution in [0.25, 0.3) is 0 Å². The highest BCUT2D eigenvalue weighted by Gasteiger charge is 2.24. The summed E-state index contributed by atoms with van der Waals surface area (Å²) >= 11 is 0. The Bertz CT molecular complexity index is 1060. The van der Waals surface area contributed by atoms with Gasteiger partial charge < -0.3 is 9.88 Å². The molecule has 1 aromatic heterocycles. The molecule has 0 saturated heterocycles. The number of nitrogens with one attached hydrogen (secondary N) is 1. The van der Waals surface area contributed by atoms with Crippen molar-refractivity contribution >= 4 is 17.2 Å². The molecule has 0 radical (unpaired) electrons. The number of nitro groups is 1. The van der Waals surface area contributed by atoms with Gasteiger partial charge in [-0.05, 0) is 31.9 Å². The van der Waals surface area contributed by atoms with E-state index in [9.17, 15) is 14.9 Å². The molecule has 1 atom stereocenters. The van der Waals surface area contributed by atoms with Gasteiger partial charge >= 0.3 is 0 Å². The maximum Gasteiger partial charge on any atom is 0.293 e. The number of aryl methyl sites for hydroxylation is 1. The van der Waals surface area contributed by atoms with Crippen LogP contribution in [0.4, 0.5) is 11.4 Å². The predicted molar refractivity (Wildman–Crippen MR) is 108 cm³/mol. The van der Waals surface area contributed by atoms with Crippen LogP contribution in [0.1, 0.15) is 53.4 Å². The van der Waals surface area contributed by atoms with Gasteiger partial charge in [-0.25, -0.2) is 0 Å². The number of ketones is 1. The predicted octanol–water partition coefficient (Wildman–Crippen LogP) is 3.93. The quantitative estimate of drug-likeness (QED) is 0.388. The van der Waals surface area contributed by atoms with E-state index in [1.165, 1.54) is 6.07 Å². The van der Waals surface area contributed by atoms with Gasteiger partial charge in [-0.1, -0.05) is 30.3 Å². The van der Waals surface area contributed by atoms with Crippen molar-refractivity contribution in [3.63, 3.8) is 0 Å². The van der Waals surface area contributed by atoms with Gasteiger partial charge in [-0.2, -0.15) is 0 Å². The third kappa shape index (κ3) is 3.73. The molecule has 148 valence electrons. The summed E-state index contributed by atoms with van der Waals surface area (Å²) in [5, 5.41) is 23.4. The van der Waals surface area contributed by atoms with Crippen molar-refractivity contribution in [2.45, 2.75) is 38.8 Å². The molecule has 0 fully saturated rings. The number of hydrogen-bond donors (Lipinski definition) is 1. The second kappa shape index (κ2) is 7.83. The normalized spacial score (nSPS) is 14.1. The number of fused-ring (bicyclic) bond motifs is 1. The summed E-state index contributed by atoms with van der Waals surface area (Å²) < 4.78 is 2.08. The third-order valence-corrected chi connectivity index (χ3v) is 5.14. The zero-order valence-electron chi connectivity index (χ0n) is 16.0. The fraction of sp³-hybridized carbons (Fsp3) is 0.286. The van der Waals surface area contributed by atoms with Gasteiger partial charge in [0.25, 0.3) is 5.69 Å². The molecular formula is C21H21N5O3. The van der Waals surface area contributed by atoms with Gasteiger partial charge in [-0.3, -0.25) is 14.9 Å². The highest BCUT2D eigenvalue weighted by molar-refractivity contribution is 6.09. The van der Waals surface area contributed by atoms with Crippen LogP contribution >= 0.6 is 0 Å². The first kappa shape index (κ1) is 18.8. The molecular weight excluding hydrogens is 370 g/mol. The van der Waals surface area contributed by atoms with Gasteiger partial charge in [0.1, 0.15) is 11.5 Å². The zero-order chi connectivity index (χ0) is 20.4. The summed E-state index contributed by atoms with van der Waals surface area (Å²) in [6, 6.07) is 13.0. The number of benzene rings is 2. The van der Waals surface area contributed by atoms with E-state index in [-0.39, 0.29) is 23.1 Å². The van der Waals surface area contributed by atoms with E-state index in [1.807, 2.05) is 13.0 Å².